The molecule has 0 fully saturated rings. The minimum atomic E-state index is -0.745. The van der Waals surface area contributed by atoms with Crippen molar-refractivity contribution in [2.75, 3.05) is 0 Å². The van der Waals surface area contributed by atoms with E-state index in [9.17, 15) is 28.8 Å². The Morgan fingerprint density at radius 2 is 0.432 bits per heavy atom. The smallest absolute Gasteiger partial charge is 0.313 e. The van der Waals surface area contributed by atoms with Crippen LogP contribution in [-0.2, 0) is 38.2 Å². The van der Waals surface area contributed by atoms with Gasteiger partial charge >= 0.3 is 35.8 Å². The van der Waals surface area contributed by atoms with Crippen LogP contribution in [0.1, 0.15) is 180 Å². The summed E-state index contributed by atoms with van der Waals surface area (Å²) in [6, 6.07) is 0. The van der Waals surface area contributed by atoms with Crippen molar-refractivity contribution in [3.8, 4) is 0 Å². The lowest BCUT2D eigenvalue weighted by Gasteiger charge is -2.05. The van der Waals surface area contributed by atoms with Gasteiger partial charge in [0.15, 0.2) is 0 Å². The Kier molecular flexibility index (Phi) is 28.3. The number of esters is 4. The summed E-state index contributed by atoms with van der Waals surface area (Å²) in [7, 11) is 0. The van der Waals surface area contributed by atoms with Gasteiger partial charge in [-0.2, -0.15) is 0 Å². The van der Waals surface area contributed by atoms with Gasteiger partial charge in [0.1, 0.15) is 0 Å². The second-order valence-corrected chi connectivity index (χ2v) is 11.8. The Bertz CT molecular complexity index is 742. The van der Waals surface area contributed by atoms with E-state index in [4.69, 9.17) is 19.7 Å². The highest BCUT2D eigenvalue weighted by Gasteiger charge is 2.11. The van der Waals surface area contributed by atoms with Gasteiger partial charge in [-0.25, -0.2) is 0 Å². The fourth-order valence-corrected chi connectivity index (χ4v) is 4.92. The first-order valence-electron chi connectivity index (χ1n) is 17.1. The van der Waals surface area contributed by atoms with Crippen molar-refractivity contribution in [1.29, 1.82) is 0 Å². The normalized spacial score (nSPS) is 10.8. The highest BCUT2D eigenvalue weighted by Crippen LogP contribution is 2.14. The van der Waals surface area contributed by atoms with Gasteiger partial charge in [0.2, 0.25) is 0 Å². The van der Waals surface area contributed by atoms with Gasteiger partial charge in [0.05, 0.1) is 0 Å². The number of aliphatic carboxylic acids is 2. The van der Waals surface area contributed by atoms with Crippen molar-refractivity contribution in [2.24, 2.45) is 0 Å². The molecule has 0 aliphatic rings. The summed E-state index contributed by atoms with van der Waals surface area (Å²) in [6.45, 7) is 0. The Labute approximate surface area is 264 Å². The zero-order chi connectivity index (χ0) is 32.7. The third-order valence-electron chi connectivity index (χ3n) is 7.51. The molecular weight excluding hydrogens is 568 g/mol. The van der Waals surface area contributed by atoms with E-state index in [2.05, 4.69) is 0 Å². The number of hydrogen-bond acceptors (Lipinski definition) is 8. The fourth-order valence-electron chi connectivity index (χ4n) is 4.92. The van der Waals surface area contributed by atoms with Crippen molar-refractivity contribution in [1.82, 2.24) is 0 Å². The molecule has 10 heteroatoms. The summed E-state index contributed by atoms with van der Waals surface area (Å²) < 4.78 is 9.78. The Morgan fingerprint density at radius 3 is 0.614 bits per heavy atom. The number of carboxylic acid groups (broad SMARTS) is 2. The van der Waals surface area contributed by atoms with Crippen LogP contribution < -0.4 is 0 Å². The number of unbranched alkanes of at least 4 members (excludes halogenated alkanes) is 19. The lowest BCUT2D eigenvalue weighted by Crippen LogP contribution is -2.12. The van der Waals surface area contributed by atoms with Crippen LogP contribution in [0.4, 0.5) is 0 Å². The highest BCUT2D eigenvalue weighted by molar-refractivity contribution is 5.85. The van der Waals surface area contributed by atoms with Crippen LogP contribution in [0.3, 0.4) is 0 Å². The first-order chi connectivity index (χ1) is 21.2. The van der Waals surface area contributed by atoms with Gasteiger partial charge in [0.25, 0.3) is 0 Å². The summed E-state index contributed by atoms with van der Waals surface area (Å²) in [5, 5.41) is 17.2. The van der Waals surface area contributed by atoms with Crippen LogP contribution in [0.2, 0.25) is 0 Å². The fraction of sp³-hybridized carbons (Fsp3) is 0.824. The average molecular weight is 627 g/mol. The van der Waals surface area contributed by atoms with Gasteiger partial charge in [-0.1, -0.05) is 103 Å². The van der Waals surface area contributed by atoms with Crippen molar-refractivity contribution in [3.63, 3.8) is 0 Å². The van der Waals surface area contributed by atoms with Gasteiger partial charge in [-0.15, -0.1) is 0 Å². The average Bonchev–Trinajstić information content (AvgIpc) is 2.96. The molecule has 0 rings (SSSR count). The van der Waals surface area contributed by atoms with Crippen molar-refractivity contribution in [3.05, 3.63) is 0 Å². The van der Waals surface area contributed by atoms with Crippen LogP contribution in [0.5, 0.6) is 0 Å². The summed E-state index contributed by atoms with van der Waals surface area (Å²) in [4.78, 5) is 68.3. The lowest BCUT2D eigenvalue weighted by atomic mass is 10.1. The van der Waals surface area contributed by atoms with E-state index in [0.717, 1.165) is 116 Å². The number of carbonyl (C=O) groups is 6. The Hall–Kier alpha value is -2.78. The van der Waals surface area contributed by atoms with Gasteiger partial charge in [-0.3, -0.25) is 28.8 Å². The third kappa shape index (κ3) is 32.1. The molecule has 0 bridgehead atoms. The molecule has 2 N–H and O–H groups in total. The van der Waals surface area contributed by atoms with Crippen LogP contribution >= 0.6 is 0 Å². The SMILES string of the molecule is O=C(O)CCCCCCCCCCC(=O)OC(=O)CCCCCCCCC(=O)OC(=O)CCCCCCCCCCC(=O)O. The second kappa shape index (κ2) is 30.3. The quantitative estimate of drug-likeness (QED) is 0.0435. The number of carbonyl (C=O) groups excluding carboxylic acids is 4. The van der Waals surface area contributed by atoms with Crippen LogP contribution in [0, 0.1) is 0 Å². The third-order valence-corrected chi connectivity index (χ3v) is 7.51. The van der Waals surface area contributed by atoms with Gasteiger partial charge < -0.3 is 19.7 Å². The maximum Gasteiger partial charge on any atom is 0.313 e. The molecule has 0 spiro atoms. The number of carboxylic acids is 2. The molecule has 0 aromatic rings. The molecule has 0 aliphatic heterocycles. The van der Waals surface area contributed by atoms with Gasteiger partial charge in [0, 0.05) is 38.5 Å². The summed E-state index contributed by atoms with van der Waals surface area (Å²) in [5.41, 5.74) is 0. The molecule has 0 aromatic carbocycles. The molecule has 0 saturated heterocycles. The molecule has 0 amide bonds. The standard InChI is InChI=1S/C34H58O10/c35-29(36)23-17-11-5-1-3-7-13-19-25-31(39)43-33(41)27-21-15-9-10-16-22-28-34(42)44-32(40)26-20-14-8-4-2-6-12-18-24-30(37)38/h1-28H2,(H,35,36)(H,37,38). The lowest BCUT2D eigenvalue weighted by molar-refractivity contribution is -0.161. The molecule has 0 aromatic heterocycles. The van der Waals surface area contributed by atoms with Crippen LogP contribution in [-0.4, -0.2) is 46.0 Å². The Morgan fingerprint density at radius 1 is 0.273 bits per heavy atom. The number of hydrogen-bond donors (Lipinski definition) is 2. The predicted molar refractivity (Wildman–Crippen MR) is 167 cm³/mol. The van der Waals surface area contributed by atoms with E-state index < -0.39 is 35.8 Å². The molecule has 0 aliphatic carbocycles. The number of rotatable bonds is 31. The second-order valence-electron chi connectivity index (χ2n) is 11.8. The maximum atomic E-state index is 11.9. The summed E-state index contributed by atoms with van der Waals surface area (Å²) >= 11 is 0. The first-order valence-corrected chi connectivity index (χ1v) is 17.1. The zero-order valence-corrected chi connectivity index (χ0v) is 27.0. The Balaban J connectivity index is 3.48. The molecule has 44 heavy (non-hydrogen) atoms. The van der Waals surface area contributed by atoms with Crippen LogP contribution in [0.25, 0.3) is 0 Å². The van der Waals surface area contributed by atoms with Crippen LogP contribution in [0.15, 0.2) is 0 Å². The van der Waals surface area contributed by atoms with E-state index >= 15 is 0 Å². The predicted octanol–water partition coefficient (Wildman–Crippen LogP) is 8.22. The molecule has 0 saturated carbocycles. The summed E-state index contributed by atoms with van der Waals surface area (Å²) in [6.07, 6.45) is 21.1. The maximum absolute atomic E-state index is 11.9. The highest BCUT2D eigenvalue weighted by atomic mass is 16.6. The van der Waals surface area contributed by atoms with Gasteiger partial charge in [-0.05, 0) is 38.5 Å². The van der Waals surface area contributed by atoms with E-state index in [1.165, 1.54) is 0 Å². The monoisotopic (exact) mass is 626 g/mol. The zero-order valence-electron chi connectivity index (χ0n) is 27.0. The van der Waals surface area contributed by atoms with E-state index in [1.54, 1.807) is 0 Å². The summed E-state index contributed by atoms with van der Waals surface area (Å²) in [5.74, 6) is -3.38. The minimum absolute atomic E-state index is 0.219. The molecule has 0 unspecified atom stereocenters. The molecule has 0 radical (unpaired) electrons. The molecule has 0 heterocycles. The number of ether oxygens (including phenoxy) is 2. The molecule has 10 nitrogen and oxygen atoms in total. The molecular formula is C34H58O10. The molecule has 254 valence electrons. The van der Waals surface area contributed by atoms with E-state index in [-0.39, 0.29) is 38.5 Å². The van der Waals surface area contributed by atoms with Crippen molar-refractivity contribution >= 4 is 35.8 Å². The minimum Gasteiger partial charge on any atom is -0.481 e. The van der Waals surface area contributed by atoms with E-state index in [1.807, 2.05) is 0 Å². The topological polar surface area (TPSA) is 161 Å². The largest absolute Gasteiger partial charge is 0.481 e. The molecule has 0 atom stereocenters. The first kappa shape index (κ1) is 41.2. The van der Waals surface area contributed by atoms with Crippen molar-refractivity contribution < 1.29 is 48.5 Å². The van der Waals surface area contributed by atoms with E-state index in [0.29, 0.717) is 25.7 Å². The van der Waals surface area contributed by atoms with Crippen molar-refractivity contribution in [2.45, 2.75) is 180 Å².